The van der Waals surface area contributed by atoms with Crippen LogP contribution in [0.2, 0.25) is 0 Å². The largest absolute Gasteiger partial charge is 0.317 e. The molecule has 1 aliphatic rings. The summed E-state index contributed by atoms with van der Waals surface area (Å²) in [6.07, 6.45) is 7.13. The van der Waals surface area contributed by atoms with Crippen molar-refractivity contribution in [2.24, 2.45) is 0 Å². The summed E-state index contributed by atoms with van der Waals surface area (Å²) in [5.74, 6) is 0. The second-order valence-corrected chi connectivity index (χ2v) is 4.64. The Balaban J connectivity index is 0. The molecule has 1 aliphatic carbocycles. The third kappa shape index (κ3) is 13.9. The van der Waals surface area contributed by atoms with Gasteiger partial charge in [0.15, 0.2) is 0 Å². The monoisotopic (exact) mass is 294 g/mol. The summed E-state index contributed by atoms with van der Waals surface area (Å²) in [5, 5.41) is 6.39. The van der Waals surface area contributed by atoms with Crippen LogP contribution in [0.4, 0.5) is 0 Å². The van der Waals surface area contributed by atoms with Crippen molar-refractivity contribution in [1.82, 2.24) is 10.6 Å². The maximum absolute atomic E-state index is 3.30. The minimum absolute atomic E-state index is 0.837. The second-order valence-electron chi connectivity index (χ2n) is 4.64. The molecule has 1 aromatic carbocycles. The van der Waals surface area contributed by atoms with E-state index in [2.05, 4.69) is 29.8 Å². The lowest BCUT2D eigenvalue weighted by Gasteiger charge is -2.20. The maximum atomic E-state index is 3.30. The molecule has 0 radical (unpaired) electrons. The fourth-order valence-corrected chi connectivity index (χ4v) is 2.19. The molecule has 0 bridgehead atoms. The molecule has 0 heterocycles. The van der Waals surface area contributed by atoms with Gasteiger partial charge in [-0.1, -0.05) is 77.3 Å². The molecule has 2 rings (SSSR count). The highest BCUT2D eigenvalue weighted by atomic mass is 14.9. The fraction of sp³-hybridized carbons (Fsp3) is 0.684. The summed E-state index contributed by atoms with van der Waals surface area (Å²) in [4.78, 5) is 0. The molecular weight excluding hydrogens is 256 g/mol. The van der Waals surface area contributed by atoms with Gasteiger partial charge in [-0.25, -0.2) is 0 Å². The van der Waals surface area contributed by atoms with Crippen LogP contribution in [0.15, 0.2) is 30.3 Å². The van der Waals surface area contributed by atoms with Crippen molar-refractivity contribution in [2.75, 3.05) is 14.1 Å². The van der Waals surface area contributed by atoms with Gasteiger partial charge in [-0.05, 0) is 32.5 Å². The lowest BCUT2D eigenvalue weighted by molar-refractivity contribution is 0.394. The fourth-order valence-electron chi connectivity index (χ4n) is 2.19. The predicted octanol–water partition coefficient (Wildman–Crippen LogP) is 5.00. The first kappa shape index (κ1) is 22.4. The zero-order valence-electron chi connectivity index (χ0n) is 15.2. The molecule has 2 nitrogen and oxygen atoms in total. The van der Waals surface area contributed by atoms with E-state index in [0.29, 0.717) is 0 Å². The van der Waals surface area contributed by atoms with Crippen LogP contribution < -0.4 is 10.6 Å². The van der Waals surface area contributed by atoms with E-state index >= 15 is 0 Å². The van der Waals surface area contributed by atoms with Crippen LogP contribution in [0, 0.1) is 0 Å². The van der Waals surface area contributed by atoms with Gasteiger partial charge in [0.2, 0.25) is 0 Å². The molecule has 0 aromatic heterocycles. The Morgan fingerprint density at radius 2 is 1.38 bits per heavy atom. The van der Waals surface area contributed by atoms with Crippen LogP contribution in [-0.4, -0.2) is 20.1 Å². The normalized spacial score (nSPS) is 13.6. The Morgan fingerprint density at radius 3 is 1.76 bits per heavy atom. The van der Waals surface area contributed by atoms with Crippen LogP contribution in [-0.2, 0) is 6.54 Å². The maximum Gasteiger partial charge on any atom is 0.0202 e. The van der Waals surface area contributed by atoms with Crippen molar-refractivity contribution >= 4 is 0 Å². The number of benzene rings is 1. The van der Waals surface area contributed by atoms with Gasteiger partial charge in [0, 0.05) is 12.6 Å². The van der Waals surface area contributed by atoms with E-state index in [1.54, 1.807) is 0 Å². The van der Waals surface area contributed by atoms with Crippen LogP contribution in [0.3, 0.4) is 0 Å². The van der Waals surface area contributed by atoms with Gasteiger partial charge in [0.1, 0.15) is 0 Å². The van der Waals surface area contributed by atoms with Crippen LogP contribution in [0.25, 0.3) is 0 Å². The molecular formula is C19H38N2. The molecule has 0 amide bonds. The van der Waals surface area contributed by atoms with Gasteiger partial charge in [-0.2, -0.15) is 0 Å². The summed E-state index contributed by atoms with van der Waals surface area (Å²) in [7, 11) is 4.02. The third-order valence-corrected chi connectivity index (χ3v) is 3.24. The molecule has 0 aliphatic heterocycles. The number of hydrogen-bond acceptors (Lipinski definition) is 2. The van der Waals surface area contributed by atoms with Gasteiger partial charge in [-0.15, -0.1) is 0 Å². The van der Waals surface area contributed by atoms with Crippen molar-refractivity contribution in [3.05, 3.63) is 35.9 Å². The van der Waals surface area contributed by atoms with E-state index in [1.165, 1.54) is 37.7 Å². The highest BCUT2D eigenvalue weighted by Gasteiger charge is 2.09. The van der Waals surface area contributed by atoms with Crippen LogP contribution in [0.1, 0.15) is 65.4 Å². The van der Waals surface area contributed by atoms with Crippen molar-refractivity contribution in [1.29, 1.82) is 0 Å². The Hall–Kier alpha value is -0.860. The highest BCUT2D eigenvalue weighted by Crippen LogP contribution is 2.16. The standard InChI is InChI=1S/C8H11N.C7H15N.2C2H6/c1-9-7-8-5-3-2-4-6-8;1-8-7-5-3-2-4-6-7;2*1-2/h2-6,9H,7H2,1H3;7-8H,2-6H2,1H3;2*1-2H3. The molecule has 1 saturated carbocycles. The highest BCUT2D eigenvalue weighted by molar-refractivity contribution is 5.13. The molecule has 0 spiro atoms. The summed E-state index contributed by atoms with van der Waals surface area (Å²) in [6.45, 7) is 8.96. The lowest BCUT2D eigenvalue weighted by atomic mass is 9.96. The number of nitrogens with one attached hydrogen (secondary N) is 2. The number of hydrogen-bond donors (Lipinski definition) is 2. The zero-order chi connectivity index (χ0) is 16.3. The molecule has 1 aromatic rings. The van der Waals surface area contributed by atoms with E-state index < -0.39 is 0 Å². The van der Waals surface area contributed by atoms with Gasteiger partial charge >= 0.3 is 0 Å². The first-order valence-electron chi connectivity index (χ1n) is 8.72. The topological polar surface area (TPSA) is 24.1 Å². The van der Waals surface area contributed by atoms with Gasteiger partial charge in [-0.3, -0.25) is 0 Å². The summed E-state index contributed by atoms with van der Waals surface area (Å²) in [5.41, 5.74) is 1.33. The Morgan fingerprint density at radius 1 is 0.857 bits per heavy atom. The van der Waals surface area contributed by atoms with Crippen LogP contribution >= 0.6 is 0 Å². The molecule has 0 saturated heterocycles. The summed E-state index contributed by atoms with van der Waals surface area (Å²) >= 11 is 0. The first-order chi connectivity index (χ1) is 10.4. The summed E-state index contributed by atoms with van der Waals surface area (Å²) < 4.78 is 0. The summed E-state index contributed by atoms with van der Waals surface area (Å²) in [6, 6.07) is 11.2. The minimum Gasteiger partial charge on any atom is -0.317 e. The van der Waals surface area contributed by atoms with E-state index in [9.17, 15) is 0 Å². The van der Waals surface area contributed by atoms with Gasteiger partial charge in [0.25, 0.3) is 0 Å². The Kier molecular flexibility index (Phi) is 20.4. The molecule has 0 atom stereocenters. The van der Waals surface area contributed by atoms with Crippen molar-refractivity contribution in [2.45, 2.75) is 72.4 Å². The molecule has 2 heteroatoms. The van der Waals surface area contributed by atoms with E-state index in [0.717, 1.165) is 12.6 Å². The molecule has 124 valence electrons. The van der Waals surface area contributed by atoms with Crippen LogP contribution in [0.5, 0.6) is 0 Å². The molecule has 0 unspecified atom stereocenters. The quantitative estimate of drug-likeness (QED) is 0.820. The first-order valence-corrected chi connectivity index (χ1v) is 8.72. The smallest absolute Gasteiger partial charge is 0.0202 e. The van der Waals surface area contributed by atoms with Crippen molar-refractivity contribution in [3.63, 3.8) is 0 Å². The Labute approximate surface area is 133 Å². The van der Waals surface area contributed by atoms with Gasteiger partial charge in [0.05, 0.1) is 0 Å². The third-order valence-electron chi connectivity index (χ3n) is 3.24. The zero-order valence-corrected chi connectivity index (χ0v) is 15.2. The van der Waals surface area contributed by atoms with Crippen molar-refractivity contribution < 1.29 is 0 Å². The van der Waals surface area contributed by atoms with E-state index in [1.807, 2.05) is 52.9 Å². The average molecular weight is 295 g/mol. The predicted molar refractivity (Wildman–Crippen MR) is 97.8 cm³/mol. The lowest BCUT2D eigenvalue weighted by Crippen LogP contribution is -2.26. The number of rotatable bonds is 3. The second kappa shape index (κ2) is 19.1. The molecule has 2 N–H and O–H groups in total. The van der Waals surface area contributed by atoms with E-state index in [-0.39, 0.29) is 0 Å². The Bertz CT molecular complexity index is 266. The average Bonchev–Trinajstić information content (AvgIpc) is 2.61. The SMILES string of the molecule is CC.CC.CNC1CCCCC1.CNCc1ccccc1. The van der Waals surface area contributed by atoms with Gasteiger partial charge < -0.3 is 10.6 Å². The minimum atomic E-state index is 0.837. The van der Waals surface area contributed by atoms with E-state index in [4.69, 9.17) is 0 Å². The molecule has 1 fully saturated rings. The molecule has 21 heavy (non-hydrogen) atoms. The van der Waals surface area contributed by atoms with Crippen molar-refractivity contribution in [3.8, 4) is 0 Å².